The quantitative estimate of drug-likeness (QED) is 0.605. The highest BCUT2D eigenvalue weighted by atomic mass is 14.7. The second kappa shape index (κ2) is 2.13. The fourth-order valence-electron chi connectivity index (χ4n) is 2.21. The summed E-state index contributed by atoms with van der Waals surface area (Å²) in [5.74, 6) is 0. The Bertz CT molecular complexity index is 425. The second-order valence-electron chi connectivity index (χ2n) is 3.51. The summed E-state index contributed by atoms with van der Waals surface area (Å²) in [4.78, 5) is 3.32. The maximum Gasteiger partial charge on any atom is 0.0459 e. The van der Waals surface area contributed by atoms with Gasteiger partial charge in [0.05, 0.1) is 0 Å². The van der Waals surface area contributed by atoms with Gasteiger partial charge in [-0.15, -0.1) is 0 Å². The van der Waals surface area contributed by atoms with Crippen LogP contribution in [0, 0.1) is 0 Å². The van der Waals surface area contributed by atoms with E-state index in [2.05, 4.69) is 29.4 Å². The molecule has 1 aromatic carbocycles. The summed E-state index contributed by atoms with van der Waals surface area (Å²) in [6, 6.07) is 6.55. The molecule has 1 N–H and O–H groups in total. The number of aromatic nitrogens is 1. The van der Waals surface area contributed by atoms with Crippen molar-refractivity contribution in [1.82, 2.24) is 4.98 Å². The molecule has 0 saturated heterocycles. The van der Waals surface area contributed by atoms with Crippen LogP contribution in [0.3, 0.4) is 0 Å². The Morgan fingerprint density at radius 1 is 1.08 bits per heavy atom. The molecule has 60 valence electrons. The minimum Gasteiger partial charge on any atom is -0.361 e. The number of benzene rings is 1. The van der Waals surface area contributed by atoms with Gasteiger partial charge in [-0.05, 0) is 36.5 Å². The topological polar surface area (TPSA) is 15.8 Å². The van der Waals surface area contributed by atoms with Gasteiger partial charge in [0.15, 0.2) is 0 Å². The van der Waals surface area contributed by atoms with Gasteiger partial charge in [-0.3, -0.25) is 0 Å². The van der Waals surface area contributed by atoms with Gasteiger partial charge in [0, 0.05) is 17.1 Å². The zero-order chi connectivity index (χ0) is 7.97. The Balaban J connectivity index is 2.50. The van der Waals surface area contributed by atoms with Crippen LogP contribution in [0.5, 0.6) is 0 Å². The van der Waals surface area contributed by atoms with Crippen LogP contribution < -0.4 is 0 Å². The zero-order valence-corrected chi connectivity index (χ0v) is 6.93. The standard InChI is InChI=1S/C11H11N/c1-3-8-4-2-6-10-11(8)9(5-1)7-12-10/h2,4,6-7,12H,1,3,5H2. The molecule has 1 aromatic heterocycles. The Labute approximate surface area is 71.4 Å². The van der Waals surface area contributed by atoms with E-state index in [1.165, 1.54) is 41.3 Å². The summed E-state index contributed by atoms with van der Waals surface area (Å²) in [5.41, 5.74) is 4.34. The molecular weight excluding hydrogens is 146 g/mol. The number of aryl methyl sites for hydroxylation is 2. The molecule has 1 nitrogen and oxygen atoms in total. The van der Waals surface area contributed by atoms with Crippen LogP contribution in [0.15, 0.2) is 24.4 Å². The van der Waals surface area contributed by atoms with Gasteiger partial charge in [0.1, 0.15) is 0 Å². The van der Waals surface area contributed by atoms with Crippen molar-refractivity contribution in [3.63, 3.8) is 0 Å². The Morgan fingerprint density at radius 2 is 2.00 bits per heavy atom. The van der Waals surface area contributed by atoms with Crippen molar-refractivity contribution in [1.29, 1.82) is 0 Å². The number of aromatic amines is 1. The van der Waals surface area contributed by atoms with Crippen molar-refractivity contribution in [2.24, 2.45) is 0 Å². The summed E-state index contributed by atoms with van der Waals surface area (Å²) >= 11 is 0. The highest BCUT2D eigenvalue weighted by Gasteiger charge is 2.12. The predicted octanol–water partition coefficient (Wildman–Crippen LogP) is 2.66. The van der Waals surface area contributed by atoms with E-state index < -0.39 is 0 Å². The summed E-state index contributed by atoms with van der Waals surface area (Å²) in [6.07, 6.45) is 5.97. The van der Waals surface area contributed by atoms with Crippen molar-refractivity contribution >= 4 is 10.9 Å². The number of hydrogen-bond donors (Lipinski definition) is 1. The summed E-state index contributed by atoms with van der Waals surface area (Å²) in [6.45, 7) is 0. The van der Waals surface area contributed by atoms with Gasteiger partial charge in [0.25, 0.3) is 0 Å². The van der Waals surface area contributed by atoms with Crippen molar-refractivity contribution in [3.05, 3.63) is 35.5 Å². The molecule has 0 fully saturated rings. The van der Waals surface area contributed by atoms with E-state index in [1.54, 1.807) is 0 Å². The van der Waals surface area contributed by atoms with E-state index in [1.807, 2.05) is 0 Å². The second-order valence-corrected chi connectivity index (χ2v) is 3.51. The van der Waals surface area contributed by atoms with E-state index in [0.717, 1.165) is 0 Å². The van der Waals surface area contributed by atoms with Crippen LogP contribution in [-0.4, -0.2) is 4.98 Å². The molecule has 0 saturated carbocycles. The number of rotatable bonds is 0. The SMILES string of the molecule is c1cc2c3c(c[nH]c3c1)CCC2. The maximum absolute atomic E-state index is 3.32. The fraction of sp³-hybridized carbons (Fsp3) is 0.273. The predicted molar refractivity (Wildman–Crippen MR) is 50.3 cm³/mol. The lowest BCUT2D eigenvalue weighted by atomic mass is 9.93. The van der Waals surface area contributed by atoms with Gasteiger partial charge in [-0.1, -0.05) is 12.1 Å². The summed E-state index contributed by atoms with van der Waals surface area (Å²) in [7, 11) is 0. The molecule has 2 aromatic rings. The van der Waals surface area contributed by atoms with E-state index >= 15 is 0 Å². The monoisotopic (exact) mass is 157 g/mol. The van der Waals surface area contributed by atoms with E-state index in [9.17, 15) is 0 Å². The first-order valence-electron chi connectivity index (χ1n) is 4.53. The normalized spacial score (nSPS) is 15.3. The molecule has 0 amide bonds. The zero-order valence-electron chi connectivity index (χ0n) is 6.93. The van der Waals surface area contributed by atoms with Crippen molar-refractivity contribution in [3.8, 4) is 0 Å². The van der Waals surface area contributed by atoms with Gasteiger partial charge in [-0.25, -0.2) is 0 Å². The lowest BCUT2D eigenvalue weighted by molar-refractivity contribution is 0.809. The molecular formula is C11H11N. The summed E-state index contributed by atoms with van der Waals surface area (Å²) in [5, 5.41) is 1.49. The average molecular weight is 157 g/mol. The largest absolute Gasteiger partial charge is 0.361 e. The highest BCUT2D eigenvalue weighted by molar-refractivity contribution is 5.87. The molecule has 0 bridgehead atoms. The third-order valence-corrected chi connectivity index (χ3v) is 2.77. The Kier molecular flexibility index (Phi) is 1.12. The Morgan fingerprint density at radius 3 is 3.00 bits per heavy atom. The number of hydrogen-bond acceptors (Lipinski definition) is 0. The molecule has 12 heavy (non-hydrogen) atoms. The maximum atomic E-state index is 3.32. The van der Waals surface area contributed by atoms with Crippen LogP contribution in [0.1, 0.15) is 17.5 Å². The van der Waals surface area contributed by atoms with Gasteiger partial charge in [-0.2, -0.15) is 0 Å². The molecule has 1 heterocycles. The molecule has 1 aliphatic carbocycles. The van der Waals surface area contributed by atoms with Crippen LogP contribution in [0.2, 0.25) is 0 Å². The first-order valence-corrected chi connectivity index (χ1v) is 4.53. The minimum absolute atomic E-state index is 1.25. The van der Waals surface area contributed by atoms with Crippen LogP contribution in [-0.2, 0) is 12.8 Å². The molecule has 0 unspecified atom stereocenters. The molecule has 1 aliphatic rings. The molecule has 1 heteroatoms. The third kappa shape index (κ3) is 0.685. The van der Waals surface area contributed by atoms with Crippen LogP contribution in [0.4, 0.5) is 0 Å². The fourth-order valence-corrected chi connectivity index (χ4v) is 2.21. The first-order chi connectivity index (χ1) is 5.95. The van der Waals surface area contributed by atoms with Crippen molar-refractivity contribution in [2.45, 2.75) is 19.3 Å². The number of nitrogens with one attached hydrogen (secondary N) is 1. The summed E-state index contributed by atoms with van der Waals surface area (Å²) < 4.78 is 0. The number of H-pyrrole nitrogens is 1. The van der Waals surface area contributed by atoms with Gasteiger partial charge < -0.3 is 4.98 Å². The third-order valence-electron chi connectivity index (χ3n) is 2.77. The van der Waals surface area contributed by atoms with Gasteiger partial charge in [0.2, 0.25) is 0 Å². The smallest absolute Gasteiger partial charge is 0.0459 e. The lowest BCUT2D eigenvalue weighted by Crippen LogP contribution is -1.97. The van der Waals surface area contributed by atoms with Crippen molar-refractivity contribution < 1.29 is 0 Å². The van der Waals surface area contributed by atoms with E-state index in [-0.39, 0.29) is 0 Å². The van der Waals surface area contributed by atoms with Crippen LogP contribution >= 0.6 is 0 Å². The molecule has 3 rings (SSSR count). The van der Waals surface area contributed by atoms with E-state index in [4.69, 9.17) is 0 Å². The lowest BCUT2D eigenvalue weighted by Gasteiger charge is -2.10. The molecule has 0 spiro atoms. The van der Waals surface area contributed by atoms with Gasteiger partial charge >= 0.3 is 0 Å². The van der Waals surface area contributed by atoms with Crippen LogP contribution in [0.25, 0.3) is 10.9 Å². The van der Waals surface area contributed by atoms with Crippen molar-refractivity contribution in [2.75, 3.05) is 0 Å². The first kappa shape index (κ1) is 6.30. The van der Waals surface area contributed by atoms with E-state index in [0.29, 0.717) is 0 Å². The minimum atomic E-state index is 1.25. The average Bonchev–Trinajstić information content (AvgIpc) is 2.52. The molecule has 0 radical (unpaired) electrons. The highest BCUT2D eigenvalue weighted by Crippen LogP contribution is 2.28. The Hall–Kier alpha value is -1.24. The molecule has 0 atom stereocenters. The molecule has 0 aliphatic heterocycles.